The Morgan fingerprint density at radius 1 is 1.12 bits per heavy atom. The summed E-state index contributed by atoms with van der Waals surface area (Å²) in [5, 5.41) is 2.90. The van der Waals surface area contributed by atoms with Gasteiger partial charge >= 0.3 is 0 Å². The molecule has 0 fully saturated rings. The van der Waals surface area contributed by atoms with Crippen LogP contribution in [-0.2, 0) is 10.0 Å². The molecule has 0 heterocycles. The molecular formula is C24H23ClN2O4S. The summed E-state index contributed by atoms with van der Waals surface area (Å²) in [7, 11) is -2.47. The standard InChI is InChI=1S/C24H23ClN2O4S/c1-4-14-27(19-8-10-20(31-3)11-9-19)32(29,30)21-12-13-23(25)22(16-21)24(28)26-18-7-5-6-17(2)15-18/h4-13,15-16H,1,14H2,2-3H3,(H,26,28). The Hall–Kier alpha value is -3.29. The number of carbonyl (C=O) groups excluding carboxylic acids is 1. The Labute approximate surface area is 193 Å². The van der Waals surface area contributed by atoms with Crippen molar-refractivity contribution in [3.63, 3.8) is 0 Å². The summed E-state index contributed by atoms with van der Waals surface area (Å²) in [5.74, 6) is 0.101. The van der Waals surface area contributed by atoms with Gasteiger partial charge in [-0.2, -0.15) is 0 Å². The molecule has 32 heavy (non-hydrogen) atoms. The number of amides is 1. The van der Waals surface area contributed by atoms with E-state index in [2.05, 4.69) is 11.9 Å². The first-order valence-corrected chi connectivity index (χ1v) is 11.5. The fourth-order valence-electron chi connectivity index (χ4n) is 3.10. The minimum absolute atomic E-state index is 0.0438. The van der Waals surface area contributed by atoms with Gasteiger partial charge in [-0.3, -0.25) is 9.10 Å². The van der Waals surface area contributed by atoms with E-state index in [1.807, 2.05) is 25.1 Å². The van der Waals surface area contributed by atoms with Crippen LogP contribution in [0.25, 0.3) is 0 Å². The van der Waals surface area contributed by atoms with Crippen molar-refractivity contribution in [3.8, 4) is 5.75 Å². The van der Waals surface area contributed by atoms with Gasteiger partial charge in [-0.15, -0.1) is 6.58 Å². The maximum absolute atomic E-state index is 13.4. The molecule has 8 heteroatoms. The summed E-state index contributed by atoms with van der Waals surface area (Å²) in [6.45, 7) is 5.61. The van der Waals surface area contributed by atoms with E-state index in [4.69, 9.17) is 16.3 Å². The predicted octanol–water partition coefficient (Wildman–Crippen LogP) is 5.29. The van der Waals surface area contributed by atoms with Crippen LogP contribution in [0.2, 0.25) is 5.02 Å². The molecule has 0 aliphatic carbocycles. The summed E-state index contributed by atoms with van der Waals surface area (Å²) in [6, 6.07) is 18.0. The van der Waals surface area contributed by atoms with Gasteiger partial charge < -0.3 is 10.1 Å². The fraction of sp³-hybridized carbons (Fsp3) is 0.125. The van der Waals surface area contributed by atoms with Gasteiger partial charge in [0.15, 0.2) is 0 Å². The fourth-order valence-corrected chi connectivity index (χ4v) is 4.76. The lowest BCUT2D eigenvalue weighted by Crippen LogP contribution is -2.31. The zero-order valence-electron chi connectivity index (χ0n) is 17.7. The number of halogens is 1. The molecule has 0 saturated carbocycles. The smallest absolute Gasteiger partial charge is 0.264 e. The highest BCUT2D eigenvalue weighted by Gasteiger charge is 2.26. The summed E-state index contributed by atoms with van der Waals surface area (Å²) in [4.78, 5) is 12.8. The average Bonchev–Trinajstić information content (AvgIpc) is 2.77. The molecule has 0 atom stereocenters. The number of carbonyl (C=O) groups is 1. The zero-order valence-corrected chi connectivity index (χ0v) is 19.3. The second kappa shape index (κ2) is 9.89. The molecule has 0 bridgehead atoms. The molecule has 3 aromatic carbocycles. The van der Waals surface area contributed by atoms with Gasteiger partial charge in [0.05, 0.1) is 34.8 Å². The van der Waals surface area contributed by atoms with Gasteiger partial charge in [0.1, 0.15) is 5.75 Å². The molecule has 0 saturated heterocycles. The van der Waals surface area contributed by atoms with Crippen LogP contribution in [0.3, 0.4) is 0 Å². The van der Waals surface area contributed by atoms with Gasteiger partial charge in [0.25, 0.3) is 15.9 Å². The van der Waals surface area contributed by atoms with E-state index in [0.29, 0.717) is 17.1 Å². The molecule has 0 unspecified atom stereocenters. The number of rotatable bonds is 8. The van der Waals surface area contributed by atoms with E-state index < -0.39 is 15.9 Å². The van der Waals surface area contributed by atoms with Gasteiger partial charge in [-0.1, -0.05) is 29.8 Å². The SMILES string of the molecule is C=CCN(c1ccc(OC)cc1)S(=O)(=O)c1ccc(Cl)c(C(=O)Nc2cccc(C)c2)c1. The Balaban J connectivity index is 1.97. The van der Waals surface area contributed by atoms with Crippen LogP contribution in [0.1, 0.15) is 15.9 Å². The van der Waals surface area contributed by atoms with Crippen LogP contribution < -0.4 is 14.4 Å². The number of sulfonamides is 1. The van der Waals surface area contributed by atoms with Crippen molar-refractivity contribution in [2.45, 2.75) is 11.8 Å². The number of methoxy groups -OCH3 is 1. The van der Waals surface area contributed by atoms with Crippen LogP contribution in [0, 0.1) is 6.92 Å². The van der Waals surface area contributed by atoms with Crippen LogP contribution >= 0.6 is 11.6 Å². The van der Waals surface area contributed by atoms with E-state index in [1.165, 1.54) is 35.7 Å². The Kier molecular flexibility index (Phi) is 7.22. The quantitative estimate of drug-likeness (QED) is 0.454. The lowest BCUT2D eigenvalue weighted by atomic mass is 10.2. The molecule has 1 amide bonds. The molecule has 0 aliphatic heterocycles. The summed E-state index contributed by atoms with van der Waals surface area (Å²) in [6.07, 6.45) is 1.49. The van der Waals surface area contributed by atoms with Crippen molar-refractivity contribution in [1.82, 2.24) is 0 Å². The zero-order chi connectivity index (χ0) is 23.3. The number of ether oxygens (including phenoxy) is 1. The normalized spacial score (nSPS) is 11.0. The number of hydrogen-bond donors (Lipinski definition) is 1. The predicted molar refractivity (Wildman–Crippen MR) is 128 cm³/mol. The van der Waals surface area contributed by atoms with Crippen molar-refractivity contribution in [3.05, 3.63) is 95.5 Å². The summed E-state index contributed by atoms with van der Waals surface area (Å²) in [5.41, 5.74) is 2.06. The molecule has 0 aromatic heterocycles. The number of anilines is 2. The molecular weight excluding hydrogens is 448 g/mol. The third kappa shape index (κ3) is 5.12. The molecule has 3 aromatic rings. The second-order valence-electron chi connectivity index (χ2n) is 6.99. The van der Waals surface area contributed by atoms with Crippen LogP contribution in [-0.4, -0.2) is 28.0 Å². The third-order valence-electron chi connectivity index (χ3n) is 4.70. The summed E-state index contributed by atoms with van der Waals surface area (Å²) < 4.78 is 33.2. The van der Waals surface area contributed by atoms with Crippen molar-refractivity contribution in [2.75, 3.05) is 23.3 Å². The molecule has 6 nitrogen and oxygen atoms in total. The topological polar surface area (TPSA) is 75.7 Å². The molecule has 1 N–H and O–H groups in total. The maximum Gasteiger partial charge on any atom is 0.264 e. The number of aryl methyl sites for hydroxylation is 1. The molecule has 0 spiro atoms. The second-order valence-corrected chi connectivity index (χ2v) is 9.26. The number of benzene rings is 3. The van der Waals surface area contributed by atoms with Gasteiger partial charge in [-0.25, -0.2) is 8.42 Å². The lowest BCUT2D eigenvalue weighted by Gasteiger charge is -2.23. The van der Waals surface area contributed by atoms with Crippen LogP contribution in [0.4, 0.5) is 11.4 Å². The van der Waals surface area contributed by atoms with E-state index in [9.17, 15) is 13.2 Å². The highest BCUT2D eigenvalue weighted by molar-refractivity contribution is 7.92. The largest absolute Gasteiger partial charge is 0.497 e. The van der Waals surface area contributed by atoms with Crippen molar-refractivity contribution < 1.29 is 17.9 Å². The van der Waals surface area contributed by atoms with Gasteiger partial charge in [-0.05, 0) is 67.1 Å². The number of nitrogens with one attached hydrogen (secondary N) is 1. The molecule has 0 radical (unpaired) electrons. The third-order valence-corrected chi connectivity index (χ3v) is 6.82. The van der Waals surface area contributed by atoms with Crippen molar-refractivity contribution in [2.24, 2.45) is 0 Å². The Morgan fingerprint density at radius 3 is 2.47 bits per heavy atom. The minimum Gasteiger partial charge on any atom is -0.497 e. The minimum atomic E-state index is -4.01. The van der Waals surface area contributed by atoms with Crippen LogP contribution in [0.5, 0.6) is 5.75 Å². The number of hydrogen-bond acceptors (Lipinski definition) is 4. The first kappa shape index (κ1) is 23.4. The van der Waals surface area contributed by atoms with E-state index >= 15 is 0 Å². The highest BCUT2D eigenvalue weighted by Crippen LogP contribution is 2.28. The summed E-state index contributed by atoms with van der Waals surface area (Å²) >= 11 is 6.23. The first-order valence-electron chi connectivity index (χ1n) is 9.71. The van der Waals surface area contributed by atoms with Crippen molar-refractivity contribution >= 4 is 38.9 Å². The highest BCUT2D eigenvalue weighted by atomic mass is 35.5. The van der Waals surface area contributed by atoms with E-state index in [-0.39, 0.29) is 22.0 Å². The molecule has 3 rings (SSSR count). The average molecular weight is 471 g/mol. The Morgan fingerprint density at radius 2 is 1.84 bits per heavy atom. The first-order chi connectivity index (χ1) is 15.3. The van der Waals surface area contributed by atoms with Gasteiger partial charge in [0, 0.05) is 5.69 Å². The van der Waals surface area contributed by atoms with Crippen molar-refractivity contribution in [1.29, 1.82) is 0 Å². The van der Waals surface area contributed by atoms with Gasteiger partial charge in [0.2, 0.25) is 0 Å². The molecule has 166 valence electrons. The van der Waals surface area contributed by atoms with E-state index in [1.54, 1.807) is 30.3 Å². The maximum atomic E-state index is 13.4. The number of nitrogens with zero attached hydrogens (tertiary/aromatic N) is 1. The molecule has 0 aliphatic rings. The van der Waals surface area contributed by atoms with Crippen LogP contribution in [0.15, 0.2) is 84.3 Å². The monoisotopic (exact) mass is 470 g/mol. The lowest BCUT2D eigenvalue weighted by molar-refractivity contribution is 0.102. The Bertz CT molecular complexity index is 1240. The van der Waals surface area contributed by atoms with E-state index in [0.717, 1.165) is 5.56 Å².